The van der Waals surface area contributed by atoms with Crippen LogP contribution in [0.1, 0.15) is 12.5 Å². The molecule has 0 bridgehead atoms. The van der Waals surface area contributed by atoms with Gasteiger partial charge in [0, 0.05) is 12.1 Å². The SMILES string of the molecule is C[C@@H]1CN(Cc2ccc(F)c(F)c2F)C(=O)C(=O)O1. The van der Waals surface area contributed by atoms with E-state index in [0.717, 1.165) is 17.0 Å². The summed E-state index contributed by atoms with van der Waals surface area (Å²) in [5, 5.41) is 0. The summed E-state index contributed by atoms with van der Waals surface area (Å²) in [6.07, 6.45) is -0.529. The highest BCUT2D eigenvalue weighted by molar-refractivity contribution is 6.32. The summed E-state index contributed by atoms with van der Waals surface area (Å²) in [6.45, 7) is 1.32. The molecule has 0 spiro atoms. The molecule has 1 atom stereocenters. The van der Waals surface area contributed by atoms with Crippen LogP contribution in [0.15, 0.2) is 12.1 Å². The first-order chi connectivity index (χ1) is 8.90. The maximum atomic E-state index is 13.5. The van der Waals surface area contributed by atoms with E-state index in [4.69, 9.17) is 0 Å². The van der Waals surface area contributed by atoms with Crippen molar-refractivity contribution < 1.29 is 27.5 Å². The highest BCUT2D eigenvalue weighted by Gasteiger charge is 2.32. The van der Waals surface area contributed by atoms with Gasteiger partial charge in [-0.1, -0.05) is 6.07 Å². The number of halogens is 3. The molecule has 7 heteroatoms. The Kier molecular flexibility index (Phi) is 3.46. The van der Waals surface area contributed by atoms with Gasteiger partial charge in [0.2, 0.25) is 0 Å². The van der Waals surface area contributed by atoms with Crippen molar-refractivity contribution >= 4 is 11.9 Å². The second-order valence-corrected chi connectivity index (χ2v) is 4.24. The first-order valence-electron chi connectivity index (χ1n) is 5.52. The van der Waals surface area contributed by atoms with E-state index in [-0.39, 0.29) is 18.7 Å². The normalized spacial score (nSPS) is 19.6. The van der Waals surface area contributed by atoms with Crippen molar-refractivity contribution in [2.45, 2.75) is 19.6 Å². The first kappa shape index (κ1) is 13.4. The molecule has 0 aromatic heterocycles. The predicted molar refractivity (Wildman–Crippen MR) is 57.3 cm³/mol. The Morgan fingerprint density at radius 3 is 2.63 bits per heavy atom. The number of esters is 1. The van der Waals surface area contributed by atoms with Crippen molar-refractivity contribution in [3.8, 4) is 0 Å². The molecule has 0 saturated carbocycles. The number of morpholine rings is 1. The van der Waals surface area contributed by atoms with Crippen molar-refractivity contribution in [2.75, 3.05) is 6.54 Å². The number of nitrogens with zero attached hydrogens (tertiary/aromatic N) is 1. The molecule has 0 aliphatic carbocycles. The molecule has 0 unspecified atom stereocenters. The number of cyclic esters (lactones) is 1. The molecule has 1 aromatic carbocycles. The molecule has 1 aliphatic heterocycles. The van der Waals surface area contributed by atoms with Gasteiger partial charge in [-0.3, -0.25) is 4.79 Å². The summed E-state index contributed by atoms with van der Waals surface area (Å²) < 4.78 is 44.0. The summed E-state index contributed by atoms with van der Waals surface area (Å²) in [6, 6.07) is 1.80. The summed E-state index contributed by atoms with van der Waals surface area (Å²) in [5.74, 6) is -6.24. The molecule has 1 saturated heterocycles. The molecule has 19 heavy (non-hydrogen) atoms. The van der Waals surface area contributed by atoms with Crippen LogP contribution in [0.5, 0.6) is 0 Å². The van der Waals surface area contributed by atoms with Crippen LogP contribution in [0, 0.1) is 17.5 Å². The van der Waals surface area contributed by atoms with Crippen LogP contribution in [-0.4, -0.2) is 29.4 Å². The van der Waals surface area contributed by atoms with Gasteiger partial charge >= 0.3 is 11.9 Å². The Labute approximate surface area is 106 Å². The Balaban J connectivity index is 2.23. The summed E-state index contributed by atoms with van der Waals surface area (Å²) >= 11 is 0. The van der Waals surface area contributed by atoms with Crippen LogP contribution < -0.4 is 0 Å². The zero-order chi connectivity index (χ0) is 14.2. The average molecular weight is 273 g/mol. The van der Waals surface area contributed by atoms with Crippen LogP contribution >= 0.6 is 0 Å². The number of carbonyl (C=O) groups is 2. The van der Waals surface area contributed by atoms with Gasteiger partial charge < -0.3 is 9.64 Å². The second kappa shape index (κ2) is 4.91. The summed E-state index contributed by atoms with van der Waals surface area (Å²) in [5.41, 5.74) is -0.200. The fourth-order valence-corrected chi connectivity index (χ4v) is 1.82. The molecule has 0 radical (unpaired) electrons. The second-order valence-electron chi connectivity index (χ2n) is 4.24. The Morgan fingerprint density at radius 1 is 1.26 bits per heavy atom. The van der Waals surface area contributed by atoms with Gasteiger partial charge in [-0.25, -0.2) is 18.0 Å². The van der Waals surface area contributed by atoms with Gasteiger partial charge in [-0.05, 0) is 13.0 Å². The summed E-state index contributed by atoms with van der Waals surface area (Å²) in [4.78, 5) is 23.7. The Bertz CT molecular complexity index is 547. The first-order valence-corrected chi connectivity index (χ1v) is 5.52. The van der Waals surface area contributed by atoms with Crippen LogP contribution in [0.4, 0.5) is 13.2 Å². The number of carbonyl (C=O) groups excluding carboxylic acids is 2. The zero-order valence-electron chi connectivity index (χ0n) is 9.95. The smallest absolute Gasteiger partial charge is 0.397 e. The van der Waals surface area contributed by atoms with Crippen LogP contribution in [-0.2, 0) is 20.9 Å². The maximum Gasteiger partial charge on any atom is 0.397 e. The van der Waals surface area contributed by atoms with Crippen LogP contribution in [0.25, 0.3) is 0 Å². The lowest BCUT2D eigenvalue weighted by molar-refractivity contribution is -0.172. The van der Waals surface area contributed by atoms with Crippen molar-refractivity contribution in [1.29, 1.82) is 0 Å². The molecular weight excluding hydrogens is 263 g/mol. The van der Waals surface area contributed by atoms with Crippen LogP contribution in [0.2, 0.25) is 0 Å². The third kappa shape index (κ3) is 2.54. The van der Waals surface area contributed by atoms with Gasteiger partial charge in [0.15, 0.2) is 17.5 Å². The number of amides is 1. The molecule has 2 rings (SSSR count). The van der Waals surface area contributed by atoms with Gasteiger partial charge in [-0.15, -0.1) is 0 Å². The minimum atomic E-state index is -1.60. The van der Waals surface area contributed by atoms with E-state index in [1.807, 2.05) is 0 Å². The van der Waals surface area contributed by atoms with Crippen LogP contribution in [0.3, 0.4) is 0 Å². The minimum Gasteiger partial charge on any atom is -0.454 e. The van der Waals surface area contributed by atoms with E-state index in [0.29, 0.717) is 0 Å². The number of rotatable bonds is 2. The maximum absolute atomic E-state index is 13.5. The lowest BCUT2D eigenvalue weighted by Crippen LogP contribution is -2.48. The molecule has 1 aliphatic rings. The number of hydrogen-bond donors (Lipinski definition) is 0. The lowest BCUT2D eigenvalue weighted by Gasteiger charge is -2.30. The van der Waals surface area contributed by atoms with Gasteiger partial charge in [-0.2, -0.15) is 0 Å². The largest absolute Gasteiger partial charge is 0.454 e. The van der Waals surface area contributed by atoms with Gasteiger partial charge in [0.05, 0.1) is 6.54 Å². The standard InChI is InChI=1S/C12H10F3NO3/c1-6-4-16(11(17)12(18)19-6)5-7-2-3-8(13)10(15)9(7)14/h2-3,6H,4-5H2,1H3/t6-/m1/s1. The molecule has 0 N–H and O–H groups in total. The van der Waals surface area contributed by atoms with Gasteiger partial charge in [0.1, 0.15) is 6.10 Å². The topological polar surface area (TPSA) is 46.6 Å². The third-order valence-corrected chi connectivity index (χ3v) is 2.72. The Hall–Kier alpha value is -2.05. The molecular formula is C12H10F3NO3. The van der Waals surface area contributed by atoms with E-state index < -0.39 is 35.4 Å². The summed E-state index contributed by atoms with van der Waals surface area (Å²) in [7, 11) is 0. The quantitative estimate of drug-likeness (QED) is 0.464. The Morgan fingerprint density at radius 2 is 1.95 bits per heavy atom. The van der Waals surface area contributed by atoms with Crippen molar-refractivity contribution in [3.05, 3.63) is 35.1 Å². The monoisotopic (exact) mass is 273 g/mol. The van der Waals surface area contributed by atoms with E-state index in [2.05, 4.69) is 4.74 Å². The van der Waals surface area contributed by atoms with Crippen molar-refractivity contribution in [1.82, 2.24) is 4.90 Å². The number of benzene rings is 1. The molecule has 1 heterocycles. The molecule has 1 aromatic rings. The van der Waals surface area contributed by atoms with Gasteiger partial charge in [0.25, 0.3) is 0 Å². The van der Waals surface area contributed by atoms with E-state index >= 15 is 0 Å². The van der Waals surface area contributed by atoms with Crippen molar-refractivity contribution in [2.24, 2.45) is 0 Å². The van der Waals surface area contributed by atoms with E-state index in [9.17, 15) is 22.8 Å². The fraction of sp³-hybridized carbons (Fsp3) is 0.333. The lowest BCUT2D eigenvalue weighted by atomic mass is 10.1. The average Bonchev–Trinajstić information content (AvgIpc) is 2.36. The highest BCUT2D eigenvalue weighted by Crippen LogP contribution is 2.18. The third-order valence-electron chi connectivity index (χ3n) is 2.72. The van der Waals surface area contributed by atoms with E-state index in [1.165, 1.54) is 0 Å². The zero-order valence-corrected chi connectivity index (χ0v) is 9.95. The fourth-order valence-electron chi connectivity index (χ4n) is 1.82. The molecule has 4 nitrogen and oxygen atoms in total. The highest BCUT2D eigenvalue weighted by atomic mass is 19.2. The predicted octanol–water partition coefficient (Wildman–Crippen LogP) is 1.38. The molecule has 1 fully saturated rings. The number of hydrogen-bond acceptors (Lipinski definition) is 3. The molecule has 1 amide bonds. The van der Waals surface area contributed by atoms with E-state index in [1.54, 1.807) is 6.92 Å². The minimum absolute atomic E-state index is 0.0724. The number of ether oxygens (including phenoxy) is 1. The molecule has 102 valence electrons. The van der Waals surface area contributed by atoms with Crippen molar-refractivity contribution in [3.63, 3.8) is 0 Å².